The van der Waals surface area contributed by atoms with E-state index in [9.17, 15) is 52.2 Å². The Kier molecular flexibility index (Phi) is 8.86. The molecule has 2 aliphatic heterocycles. The number of pyridine rings is 1. The molecule has 2 aliphatic rings. The number of urea groups is 2. The van der Waals surface area contributed by atoms with Crippen LogP contribution in [0.2, 0.25) is 0 Å². The van der Waals surface area contributed by atoms with E-state index in [0.29, 0.717) is 9.91 Å². The lowest BCUT2D eigenvalue weighted by Crippen LogP contribution is -2.68. The van der Waals surface area contributed by atoms with Gasteiger partial charge in [0.2, 0.25) is 11.0 Å². The zero-order chi connectivity index (χ0) is 34.1. The minimum absolute atomic E-state index is 0.0347. The second-order valence-electron chi connectivity index (χ2n) is 9.85. The van der Waals surface area contributed by atoms with Crippen molar-refractivity contribution in [1.82, 2.24) is 39.6 Å². The summed E-state index contributed by atoms with van der Waals surface area (Å²) in [5.74, 6) is -5.19. The standard InChI is InChI=1S/C22H24N10O12S2/c1-22(2,18(38)39)44-28-14(11-8-45-19(23)26-11)16(36)25-10-7-30(17(10)37)20(40)29-46(42,43)32-4-3-31(21(32)41)27-15(35)9-5-12(33)13(34)6-24-9/h5-6,8,10,34H,3-4,7H2,1-2H3,(H2,23,26)(H,24,33)(H,25,36)(H,27,35)(H,29,40)(H,38,39)/b28-14-/t10-/m1/s1. The molecule has 1 atom stereocenters. The number of nitrogens with one attached hydrogen (secondary N) is 4. The van der Waals surface area contributed by atoms with Gasteiger partial charge in [-0.3, -0.25) is 29.5 Å². The van der Waals surface area contributed by atoms with E-state index in [1.807, 2.05) is 0 Å². The topological polar surface area (TPSA) is 316 Å². The van der Waals surface area contributed by atoms with Crippen molar-refractivity contribution < 1.29 is 52.2 Å². The molecule has 0 bridgehead atoms. The van der Waals surface area contributed by atoms with Crippen LogP contribution in [0.1, 0.15) is 30.0 Å². The van der Waals surface area contributed by atoms with Crippen LogP contribution in [-0.2, 0) is 29.4 Å². The number of carboxylic acid groups (broad SMARTS) is 1. The Morgan fingerprint density at radius 3 is 2.50 bits per heavy atom. The summed E-state index contributed by atoms with van der Waals surface area (Å²) < 4.78 is 27.3. The summed E-state index contributed by atoms with van der Waals surface area (Å²) in [6.07, 6.45) is 0.837. The summed E-state index contributed by atoms with van der Waals surface area (Å²) in [5.41, 5.74) is 3.93. The number of anilines is 1. The van der Waals surface area contributed by atoms with Gasteiger partial charge in [-0.2, -0.15) is 8.42 Å². The van der Waals surface area contributed by atoms with Crippen molar-refractivity contribution in [3.05, 3.63) is 39.3 Å². The first-order valence-corrected chi connectivity index (χ1v) is 14.9. The molecule has 0 aliphatic carbocycles. The molecule has 0 saturated carbocycles. The van der Waals surface area contributed by atoms with Crippen molar-refractivity contribution in [3.8, 4) is 5.75 Å². The summed E-state index contributed by atoms with van der Waals surface area (Å²) in [4.78, 5) is 97.6. The molecule has 2 aromatic rings. The number of imide groups is 1. The van der Waals surface area contributed by atoms with Crippen LogP contribution in [0.5, 0.6) is 5.75 Å². The number of nitrogen functional groups attached to an aromatic ring is 1. The lowest BCUT2D eigenvalue weighted by molar-refractivity contribution is -0.161. The first-order valence-electron chi connectivity index (χ1n) is 12.6. The minimum Gasteiger partial charge on any atom is -0.503 e. The van der Waals surface area contributed by atoms with Gasteiger partial charge in [-0.25, -0.2) is 33.4 Å². The molecule has 246 valence electrons. The molecule has 4 rings (SSSR count). The molecule has 22 nitrogen and oxygen atoms in total. The highest BCUT2D eigenvalue weighted by Gasteiger charge is 2.46. The third-order valence-electron chi connectivity index (χ3n) is 6.19. The summed E-state index contributed by atoms with van der Waals surface area (Å²) in [6, 6.07) is -3.34. The monoisotopic (exact) mass is 684 g/mol. The van der Waals surface area contributed by atoms with Gasteiger partial charge in [0.25, 0.3) is 17.7 Å². The van der Waals surface area contributed by atoms with Crippen molar-refractivity contribution >= 4 is 68.1 Å². The van der Waals surface area contributed by atoms with Gasteiger partial charge in [0.1, 0.15) is 17.4 Å². The number of aromatic nitrogens is 2. The molecule has 0 spiro atoms. The van der Waals surface area contributed by atoms with Crippen LogP contribution in [0.4, 0.5) is 14.7 Å². The number of likely N-dealkylation sites (tertiary alicyclic amines) is 1. The van der Waals surface area contributed by atoms with Crippen LogP contribution in [0.15, 0.2) is 27.6 Å². The Hall–Kier alpha value is -5.78. The van der Waals surface area contributed by atoms with E-state index in [1.54, 1.807) is 4.72 Å². The number of aromatic amines is 1. The Morgan fingerprint density at radius 1 is 1.22 bits per heavy atom. The molecule has 0 radical (unpaired) electrons. The van der Waals surface area contributed by atoms with Gasteiger partial charge in [-0.15, -0.1) is 11.3 Å². The largest absolute Gasteiger partial charge is 0.503 e. The number of hydrazine groups is 1. The first-order chi connectivity index (χ1) is 21.4. The number of aromatic hydroxyl groups is 1. The molecule has 7 amide bonds. The third kappa shape index (κ3) is 6.80. The average Bonchev–Trinajstić information content (AvgIpc) is 3.56. The Balaban J connectivity index is 1.35. The second-order valence-corrected chi connectivity index (χ2v) is 12.3. The molecular weight excluding hydrogens is 660 g/mol. The number of carboxylic acids is 1. The van der Waals surface area contributed by atoms with Crippen LogP contribution >= 0.6 is 11.3 Å². The fraction of sp³-hybridized carbons (Fsp3) is 0.318. The average molecular weight is 685 g/mol. The number of aliphatic carboxylic acids is 1. The Morgan fingerprint density at radius 2 is 1.91 bits per heavy atom. The van der Waals surface area contributed by atoms with Crippen molar-refractivity contribution in [1.29, 1.82) is 0 Å². The third-order valence-corrected chi connectivity index (χ3v) is 8.22. The SMILES string of the molecule is CC(C)(O/N=C(\C(=O)N[C@@H]1CN(C(=O)NS(=O)(=O)N2CCN(NC(=O)c3cc(=O)c(O)c[nH]3)C2=O)C1=O)c1csc(N)n1)C(=O)O. The van der Waals surface area contributed by atoms with Gasteiger partial charge in [-0.05, 0) is 13.8 Å². The number of oxime groups is 1. The van der Waals surface area contributed by atoms with E-state index in [4.69, 9.17) is 10.6 Å². The number of carbonyl (C=O) groups is 6. The van der Waals surface area contributed by atoms with Crippen molar-refractivity contribution in [3.63, 3.8) is 0 Å². The molecule has 2 fully saturated rings. The predicted molar refractivity (Wildman–Crippen MR) is 152 cm³/mol. The first kappa shape index (κ1) is 33.1. The lowest BCUT2D eigenvalue weighted by Gasteiger charge is -2.36. The fourth-order valence-corrected chi connectivity index (χ4v) is 5.20. The molecule has 0 unspecified atom stereocenters. The lowest BCUT2D eigenvalue weighted by atomic mass is 10.1. The maximum absolute atomic E-state index is 12.9. The van der Waals surface area contributed by atoms with E-state index in [2.05, 4.69) is 25.9 Å². The smallest absolute Gasteiger partial charge is 0.353 e. The summed E-state index contributed by atoms with van der Waals surface area (Å²) in [5, 5.41) is 26.3. The van der Waals surface area contributed by atoms with Crippen molar-refractivity contribution in [2.24, 2.45) is 5.16 Å². The quantitative estimate of drug-likeness (QED) is 0.0749. The maximum atomic E-state index is 12.9. The predicted octanol–water partition coefficient (Wildman–Crippen LogP) is -2.93. The molecule has 4 heterocycles. The van der Waals surface area contributed by atoms with Crippen LogP contribution in [0.25, 0.3) is 0 Å². The van der Waals surface area contributed by atoms with Crippen LogP contribution in [-0.4, -0.2) is 116 Å². The Bertz CT molecular complexity index is 1840. The molecule has 2 saturated heterocycles. The summed E-state index contributed by atoms with van der Waals surface area (Å²) >= 11 is 0.928. The van der Waals surface area contributed by atoms with Crippen LogP contribution < -0.4 is 26.6 Å². The normalized spacial score (nSPS) is 17.0. The highest BCUT2D eigenvalue weighted by molar-refractivity contribution is 7.88. The van der Waals surface area contributed by atoms with Crippen molar-refractivity contribution in [2.75, 3.05) is 25.4 Å². The number of rotatable bonds is 10. The van der Waals surface area contributed by atoms with Gasteiger partial charge in [-0.1, -0.05) is 5.16 Å². The maximum Gasteiger partial charge on any atom is 0.353 e. The number of amides is 7. The van der Waals surface area contributed by atoms with Gasteiger partial charge in [0.15, 0.2) is 16.6 Å². The number of nitrogens with zero attached hydrogens (tertiary/aromatic N) is 5. The number of β-lactam (4-membered cyclic amide) rings is 1. The number of carbonyl (C=O) groups excluding carboxylic acids is 5. The van der Waals surface area contributed by atoms with Gasteiger partial charge >= 0.3 is 28.2 Å². The number of nitrogens with two attached hydrogens (primary N) is 1. The zero-order valence-corrected chi connectivity index (χ0v) is 25.2. The summed E-state index contributed by atoms with van der Waals surface area (Å²) in [6.45, 7) is 0.924. The van der Waals surface area contributed by atoms with Crippen molar-refractivity contribution in [2.45, 2.75) is 25.5 Å². The van der Waals surface area contributed by atoms with Gasteiger partial charge < -0.3 is 31.1 Å². The highest BCUT2D eigenvalue weighted by Crippen LogP contribution is 2.18. The molecule has 2 aromatic heterocycles. The molecule has 24 heteroatoms. The van der Waals surface area contributed by atoms with E-state index in [-0.39, 0.29) is 27.4 Å². The Labute approximate surface area is 260 Å². The fourth-order valence-electron chi connectivity index (χ4n) is 3.58. The van der Waals surface area contributed by atoms with Gasteiger partial charge in [0.05, 0.1) is 19.6 Å². The second kappa shape index (κ2) is 12.3. The highest BCUT2D eigenvalue weighted by atomic mass is 32.2. The minimum atomic E-state index is -4.90. The van der Waals surface area contributed by atoms with Gasteiger partial charge in [0, 0.05) is 17.6 Å². The number of hydrogen-bond acceptors (Lipinski definition) is 15. The molecule has 0 aromatic carbocycles. The number of H-pyrrole nitrogens is 1. The summed E-state index contributed by atoms with van der Waals surface area (Å²) in [7, 11) is -4.90. The van der Waals surface area contributed by atoms with E-state index >= 15 is 0 Å². The molecule has 46 heavy (non-hydrogen) atoms. The molecule has 8 N–H and O–H groups in total. The van der Waals surface area contributed by atoms with Crippen LogP contribution in [0, 0.1) is 0 Å². The van der Waals surface area contributed by atoms with Crippen LogP contribution in [0.3, 0.4) is 0 Å². The van der Waals surface area contributed by atoms with E-state index in [1.165, 1.54) is 5.38 Å². The van der Waals surface area contributed by atoms with E-state index < -0.39 is 87.6 Å². The molecular formula is C22H24N10O12S2. The zero-order valence-electron chi connectivity index (χ0n) is 23.5. The number of thiazole rings is 1. The number of hydrogen-bond donors (Lipinski definition) is 7. The van der Waals surface area contributed by atoms with E-state index in [0.717, 1.165) is 37.4 Å².